The van der Waals surface area contributed by atoms with Gasteiger partial charge in [-0.2, -0.15) is 34.8 Å². The van der Waals surface area contributed by atoms with Crippen LogP contribution in [0.2, 0.25) is 0 Å². The van der Waals surface area contributed by atoms with E-state index in [9.17, 15) is 39.6 Å². The third-order valence-electron chi connectivity index (χ3n) is 3.80. The summed E-state index contributed by atoms with van der Waals surface area (Å²) in [4.78, 5) is 13.7. The quantitative estimate of drug-likeness (QED) is 0.400. The number of hydrogen-bond acceptors (Lipinski definition) is 5. The van der Waals surface area contributed by atoms with Crippen molar-refractivity contribution in [1.82, 2.24) is 0 Å². The Balaban J connectivity index is 3.34. The molecule has 0 aromatic heterocycles. The molecular weight excluding hydrogens is 420 g/mol. The van der Waals surface area contributed by atoms with Crippen molar-refractivity contribution in [3.63, 3.8) is 0 Å². The van der Waals surface area contributed by atoms with Crippen LogP contribution in [-0.2, 0) is 14.9 Å². The molecule has 0 fully saturated rings. The molecule has 0 aliphatic rings. The van der Waals surface area contributed by atoms with Gasteiger partial charge in [0.2, 0.25) is 0 Å². The van der Waals surface area contributed by atoms with Crippen molar-refractivity contribution < 1.29 is 48.8 Å². The van der Waals surface area contributed by atoms with Crippen molar-refractivity contribution in [2.24, 2.45) is 0 Å². The molecule has 1 rings (SSSR count). The van der Waals surface area contributed by atoms with Gasteiger partial charge in [0.05, 0.1) is 5.56 Å². The number of halogens is 6. The Morgan fingerprint density at radius 2 is 1.43 bits per heavy atom. The molecule has 0 bridgehead atoms. The zero-order valence-electron chi connectivity index (χ0n) is 14.6. The van der Waals surface area contributed by atoms with E-state index in [1.165, 1.54) is 12.1 Å². The van der Waals surface area contributed by atoms with Crippen LogP contribution in [-0.4, -0.2) is 55.7 Å². The number of carbonyl (C=O) groups excluding carboxylic acids is 1. The number of ether oxygens (including phenoxy) is 1. The molecule has 6 nitrogen and oxygen atoms in total. The summed E-state index contributed by atoms with van der Waals surface area (Å²) in [5, 5.41) is 0. The van der Waals surface area contributed by atoms with E-state index in [1.807, 2.05) is 13.8 Å². The standard InChI is InChI=1S/C15H17F6NO5S/c1-3-22(4-2)11-7-5-10(6-8-11)12(23)27-13(14(16,17)18,15(19,20)21)9-28(24,25)26/h5-8H,3-4,9H2,1-2H3,(H,24,25,26). The van der Waals surface area contributed by atoms with Gasteiger partial charge in [-0.05, 0) is 38.1 Å². The fourth-order valence-electron chi connectivity index (χ4n) is 2.34. The number of alkyl halides is 6. The van der Waals surface area contributed by atoms with E-state index in [4.69, 9.17) is 4.55 Å². The monoisotopic (exact) mass is 437 g/mol. The highest BCUT2D eigenvalue weighted by molar-refractivity contribution is 7.85. The molecule has 1 aromatic carbocycles. The van der Waals surface area contributed by atoms with Crippen molar-refractivity contribution in [2.45, 2.75) is 31.8 Å². The van der Waals surface area contributed by atoms with Gasteiger partial charge in [-0.1, -0.05) is 0 Å². The molecule has 0 spiro atoms. The molecule has 13 heteroatoms. The lowest BCUT2D eigenvalue weighted by Crippen LogP contribution is -2.63. The zero-order chi connectivity index (χ0) is 22.0. The van der Waals surface area contributed by atoms with Gasteiger partial charge in [-0.25, -0.2) is 4.79 Å². The summed E-state index contributed by atoms with van der Waals surface area (Å²) in [5.41, 5.74) is -5.54. The first-order valence-electron chi connectivity index (χ1n) is 7.75. The number of esters is 1. The van der Waals surface area contributed by atoms with Crippen molar-refractivity contribution in [2.75, 3.05) is 23.7 Å². The van der Waals surface area contributed by atoms with E-state index < -0.39 is 45.4 Å². The highest BCUT2D eigenvalue weighted by atomic mass is 32.2. The molecule has 0 saturated heterocycles. The van der Waals surface area contributed by atoms with E-state index in [2.05, 4.69) is 4.74 Å². The summed E-state index contributed by atoms with van der Waals surface area (Å²) in [6.07, 6.45) is -12.7. The van der Waals surface area contributed by atoms with Gasteiger partial charge in [0, 0.05) is 18.8 Å². The molecule has 0 saturated carbocycles. The van der Waals surface area contributed by atoms with Crippen LogP contribution in [0, 0.1) is 0 Å². The number of hydrogen-bond donors (Lipinski definition) is 1. The number of benzene rings is 1. The molecule has 0 radical (unpaired) electrons. The average Bonchev–Trinajstić information content (AvgIpc) is 2.52. The maximum Gasteiger partial charge on any atom is 0.438 e. The zero-order valence-corrected chi connectivity index (χ0v) is 15.5. The van der Waals surface area contributed by atoms with Crippen molar-refractivity contribution in [1.29, 1.82) is 0 Å². The van der Waals surface area contributed by atoms with Crippen LogP contribution in [0.15, 0.2) is 24.3 Å². The van der Waals surface area contributed by atoms with E-state index in [0.29, 0.717) is 18.8 Å². The lowest BCUT2D eigenvalue weighted by atomic mass is 10.1. The first kappa shape index (κ1) is 24.0. The average molecular weight is 437 g/mol. The predicted molar refractivity (Wildman–Crippen MR) is 86.7 cm³/mol. The molecule has 0 aliphatic carbocycles. The highest BCUT2D eigenvalue weighted by Crippen LogP contribution is 2.47. The first-order chi connectivity index (χ1) is 12.6. The second-order valence-corrected chi connectivity index (χ2v) is 7.11. The minimum Gasteiger partial charge on any atom is -0.435 e. The summed E-state index contributed by atoms with van der Waals surface area (Å²) in [6.45, 7) is 4.73. The normalized spacial score (nSPS) is 13.3. The number of nitrogens with zero attached hydrogens (tertiary/aromatic N) is 1. The van der Waals surface area contributed by atoms with Crippen LogP contribution in [0.5, 0.6) is 0 Å². The first-order valence-corrected chi connectivity index (χ1v) is 9.36. The molecular formula is C15H17F6NO5S. The van der Waals surface area contributed by atoms with Gasteiger partial charge in [-0.3, -0.25) is 4.55 Å². The highest BCUT2D eigenvalue weighted by Gasteiger charge is 2.76. The number of anilines is 1. The summed E-state index contributed by atoms with van der Waals surface area (Å²) in [6, 6.07) is 4.46. The molecule has 0 atom stereocenters. The predicted octanol–water partition coefficient (Wildman–Crippen LogP) is 3.44. The van der Waals surface area contributed by atoms with Gasteiger partial charge < -0.3 is 9.64 Å². The number of carbonyl (C=O) groups is 1. The molecule has 28 heavy (non-hydrogen) atoms. The summed E-state index contributed by atoms with van der Waals surface area (Å²) < 4.78 is 113. The SMILES string of the molecule is CCN(CC)c1ccc(C(=O)OC(CS(=O)(=O)O)(C(F)(F)F)C(F)(F)F)cc1. The van der Waals surface area contributed by atoms with E-state index in [1.54, 1.807) is 4.90 Å². The van der Waals surface area contributed by atoms with Gasteiger partial charge >= 0.3 is 23.9 Å². The second-order valence-electron chi connectivity index (χ2n) is 5.66. The fourth-order valence-corrected chi connectivity index (χ4v) is 3.24. The van der Waals surface area contributed by atoms with Gasteiger partial charge in [0.15, 0.2) is 0 Å². The van der Waals surface area contributed by atoms with Gasteiger partial charge in [-0.15, -0.1) is 0 Å². The largest absolute Gasteiger partial charge is 0.438 e. The summed E-state index contributed by atoms with van der Waals surface area (Å²) >= 11 is 0. The summed E-state index contributed by atoms with van der Waals surface area (Å²) in [5.74, 6) is -4.97. The maximum absolute atomic E-state index is 13.2. The van der Waals surface area contributed by atoms with Gasteiger partial charge in [0.1, 0.15) is 5.75 Å². The lowest BCUT2D eigenvalue weighted by Gasteiger charge is -2.35. The molecule has 1 N–H and O–H groups in total. The molecule has 0 heterocycles. The minimum atomic E-state index is -6.36. The number of rotatable bonds is 7. The topological polar surface area (TPSA) is 83.9 Å². The van der Waals surface area contributed by atoms with Crippen LogP contribution in [0.1, 0.15) is 24.2 Å². The third kappa shape index (κ3) is 5.28. The summed E-state index contributed by atoms with van der Waals surface area (Å²) in [7, 11) is -5.82. The Kier molecular flexibility index (Phi) is 6.99. The smallest absolute Gasteiger partial charge is 0.435 e. The van der Waals surface area contributed by atoms with E-state index in [-0.39, 0.29) is 0 Å². The molecule has 0 amide bonds. The Morgan fingerprint density at radius 1 is 1.00 bits per heavy atom. The van der Waals surface area contributed by atoms with Gasteiger partial charge in [0.25, 0.3) is 10.1 Å². The molecule has 160 valence electrons. The van der Waals surface area contributed by atoms with Crippen LogP contribution in [0.25, 0.3) is 0 Å². The lowest BCUT2D eigenvalue weighted by molar-refractivity contribution is -0.356. The fraction of sp³-hybridized carbons (Fsp3) is 0.533. The van der Waals surface area contributed by atoms with Crippen LogP contribution >= 0.6 is 0 Å². The molecule has 0 aliphatic heterocycles. The Morgan fingerprint density at radius 3 is 1.75 bits per heavy atom. The minimum absolute atomic E-state index is 0.553. The maximum atomic E-state index is 13.2. The second kappa shape index (κ2) is 8.15. The van der Waals surface area contributed by atoms with Crippen molar-refractivity contribution in [3.05, 3.63) is 29.8 Å². The van der Waals surface area contributed by atoms with Crippen LogP contribution in [0.3, 0.4) is 0 Å². The Hall–Kier alpha value is -2.02. The van der Waals surface area contributed by atoms with Crippen molar-refractivity contribution >= 4 is 21.8 Å². The van der Waals surface area contributed by atoms with E-state index in [0.717, 1.165) is 12.1 Å². The third-order valence-corrected chi connectivity index (χ3v) is 4.57. The molecule has 0 unspecified atom stereocenters. The van der Waals surface area contributed by atoms with Crippen molar-refractivity contribution in [3.8, 4) is 0 Å². The van der Waals surface area contributed by atoms with Crippen LogP contribution in [0.4, 0.5) is 32.0 Å². The van der Waals surface area contributed by atoms with E-state index >= 15 is 0 Å². The molecule has 1 aromatic rings. The van der Waals surface area contributed by atoms with Crippen LogP contribution < -0.4 is 4.90 Å². The Labute approximate surface area is 156 Å². The Bertz CT molecular complexity index is 771.